The fraction of sp³-hybridized carbons (Fsp3) is 0.0833. The normalized spacial score (nSPS) is 13.2. The van der Waals surface area contributed by atoms with Gasteiger partial charge in [-0.1, -0.05) is 60.7 Å². The highest BCUT2D eigenvalue weighted by atomic mass is 32.2. The number of aromatic hydroxyl groups is 2. The summed E-state index contributed by atoms with van der Waals surface area (Å²) in [6.07, 6.45) is 0. The summed E-state index contributed by atoms with van der Waals surface area (Å²) in [5.41, 5.74) is 4.67. The largest absolute Gasteiger partial charge is 0.494 e. The Morgan fingerprint density at radius 1 is 0.673 bits per heavy atom. The molecule has 2 aliphatic rings. The molecule has 0 atom stereocenters. The fourth-order valence-electron chi connectivity index (χ4n) is 6.00. The van der Waals surface area contributed by atoms with Gasteiger partial charge in [0.25, 0.3) is 0 Å². The third-order valence-corrected chi connectivity index (χ3v) is 8.39. The molecule has 2 aromatic heterocycles. The van der Waals surface area contributed by atoms with Gasteiger partial charge in [-0.3, -0.25) is 27.7 Å². The maximum atomic E-state index is 12.7. The van der Waals surface area contributed by atoms with Crippen LogP contribution >= 0.6 is 12.3 Å². The number of fused-ring (bicyclic) bond motifs is 4. The second-order valence-electron chi connectivity index (χ2n) is 11.0. The van der Waals surface area contributed by atoms with Gasteiger partial charge in [0, 0.05) is 28.8 Å². The van der Waals surface area contributed by atoms with Crippen LogP contribution in [0.3, 0.4) is 0 Å². The maximum Gasteiger partial charge on any atom is 0.304 e. The minimum atomic E-state index is -0.458. The number of esters is 1. The Balaban J connectivity index is 0.000000154. The first kappa shape index (κ1) is 31.6. The number of aromatic nitrogens is 2. The van der Waals surface area contributed by atoms with E-state index in [4.69, 9.17) is 13.5 Å². The summed E-state index contributed by atoms with van der Waals surface area (Å²) in [6.45, 7) is 1.09. The molecule has 0 bridgehead atoms. The molecule has 0 saturated heterocycles. The SMILES string of the molecule is CC(=O)OCn1c(O)c(C2=Nc3ccccc3C2=O)c2ccccc21.O=C1C(c2c(O)n(COSO)c3ccccc23)=Nc2ccccc21. The number of para-hydroxylation sites is 4. The van der Waals surface area contributed by atoms with E-state index in [9.17, 15) is 24.6 Å². The van der Waals surface area contributed by atoms with E-state index in [1.54, 1.807) is 54.6 Å². The predicted octanol–water partition coefficient (Wildman–Crippen LogP) is 6.94. The van der Waals surface area contributed by atoms with Crippen molar-refractivity contribution in [1.82, 2.24) is 9.13 Å². The van der Waals surface area contributed by atoms with Crippen LogP contribution in [0.4, 0.5) is 11.4 Å². The van der Waals surface area contributed by atoms with Crippen LogP contribution in [0.15, 0.2) is 107 Å². The number of rotatable bonds is 7. The third-order valence-electron chi connectivity index (χ3n) is 8.18. The zero-order valence-electron chi connectivity index (χ0n) is 25.7. The molecule has 12 nitrogen and oxygen atoms in total. The Morgan fingerprint density at radius 2 is 1.10 bits per heavy atom. The number of hydrogen-bond acceptors (Lipinski definition) is 11. The first-order chi connectivity index (χ1) is 23.8. The van der Waals surface area contributed by atoms with Crippen molar-refractivity contribution in [3.05, 3.63) is 119 Å². The lowest BCUT2D eigenvalue weighted by Gasteiger charge is -2.07. The lowest BCUT2D eigenvalue weighted by molar-refractivity contribution is -0.144. The molecule has 4 aromatic carbocycles. The van der Waals surface area contributed by atoms with Crippen molar-refractivity contribution in [1.29, 1.82) is 0 Å². The molecule has 0 radical (unpaired) electrons. The second-order valence-corrected chi connectivity index (χ2v) is 11.4. The van der Waals surface area contributed by atoms with E-state index in [-0.39, 0.29) is 60.5 Å². The highest BCUT2D eigenvalue weighted by molar-refractivity contribution is 7.88. The monoisotopic (exact) mass is 674 g/mol. The van der Waals surface area contributed by atoms with Crippen LogP contribution in [0.25, 0.3) is 21.8 Å². The smallest absolute Gasteiger partial charge is 0.304 e. The molecular formula is C36H26N4O8S. The van der Waals surface area contributed by atoms with Gasteiger partial charge in [-0.25, -0.2) is 9.98 Å². The van der Waals surface area contributed by atoms with E-state index >= 15 is 0 Å². The van der Waals surface area contributed by atoms with Gasteiger partial charge in [-0.15, -0.1) is 0 Å². The number of carbonyl (C=O) groups excluding carboxylic acids is 3. The number of aliphatic imine (C=N–C) groups is 2. The minimum Gasteiger partial charge on any atom is -0.494 e. The Morgan fingerprint density at radius 3 is 1.55 bits per heavy atom. The molecule has 49 heavy (non-hydrogen) atoms. The molecule has 0 unspecified atom stereocenters. The zero-order chi connectivity index (χ0) is 34.2. The van der Waals surface area contributed by atoms with E-state index in [1.165, 1.54) is 16.1 Å². The fourth-order valence-corrected chi connectivity index (χ4v) is 6.16. The quantitative estimate of drug-likeness (QED) is 0.120. The summed E-state index contributed by atoms with van der Waals surface area (Å²) in [4.78, 5) is 45.4. The predicted molar refractivity (Wildman–Crippen MR) is 184 cm³/mol. The summed E-state index contributed by atoms with van der Waals surface area (Å²) in [5, 5.41) is 22.7. The van der Waals surface area contributed by atoms with Crippen LogP contribution < -0.4 is 0 Å². The van der Waals surface area contributed by atoms with E-state index in [1.807, 2.05) is 42.5 Å². The van der Waals surface area contributed by atoms with Gasteiger partial charge in [-0.2, -0.15) is 0 Å². The van der Waals surface area contributed by atoms with Crippen molar-refractivity contribution in [2.24, 2.45) is 9.98 Å². The van der Waals surface area contributed by atoms with Gasteiger partial charge in [-0.05, 0) is 36.4 Å². The summed E-state index contributed by atoms with van der Waals surface area (Å²) in [6, 6.07) is 28.6. The molecule has 8 rings (SSSR count). The van der Waals surface area contributed by atoms with Gasteiger partial charge in [0.05, 0.1) is 33.5 Å². The Bertz CT molecular complexity index is 2390. The summed E-state index contributed by atoms with van der Waals surface area (Å²) in [5.74, 6) is -1.18. The number of ether oxygens (including phenoxy) is 1. The van der Waals surface area contributed by atoms with Crippen LogP contribution in [0.1, 0.15) is 38.8 Å². The maximum absolute atomic E-state index is 12.7. The molecule has 3 N–H and O–H groups in total. The van der Waals surface area contributed by atoms with Crippen molar-refractivity contribution in [2.75, 3.05) is 0 Å². The number of carbonyl (C=O) groups is 3. The van der Waals surface area contributed by atoms with Crippen LogP contribution in [0, 0.1) is 0 Å². The second kappa shape index (κ2) is 12.9. The van der Waals surface area contributed by atoms with Crippen molar-refractivity contribution >= 4 is 74.5 Å². The molecule has 0 fully saturated rings. The van der Waals surface area contributed by atoms with Gasteiger partial charge >= 0.3 is 5.97 Å². The third kappa shape index (κ3) is 5.45. The summed E-state index contributed by atoms with van der Waals surface area (Å²) in [7, 11) is 0. The van der Waals surface area contributed by atoms with Crippen LogP contribution in [-0.2, 0) is 27.2 Å². The minimum absolute atomic E-state index is 0.0675. The topological polar surface area (TPSA) is 165 Å². The van der Waals surface area contributed by atoms with Crippen LogP contribution in [0.2, 0.25) is 0 Å². The van der Waals surface area contributed by atoms with Crippen LogP contribution in [-0.4, -0.2) is 52.9 Å². The van der Waals surface area contributed by atoms with E-state index < -0.39 is 5.97 Å². The van der Waals surface area contributed by atoms with Crippen molar-refractivity contribution in [3.8, 4) is 11.8 Å². The molecule has 0 amide bonds. The molecule has 244 valence electrons. The van der Waals surface area contributed by atoms with Crippen molar-refractivity contribution in [2.45, 2.75) is 20.4 Å². The number of Topliss-reactive ketones (excluding diaryl/α,β-unsaturated/α-hetero) is 2. The first-order valence-electron chi connectivity index (χ1n) is 14.9. The Kier molecular flexibility index (Phi) is 8.30. The molecule has 13 heteroatoms. The average molecular weight is 675 g/mol. The van der Waals surface area contributed by atoms with E-state index in [0.29, 0.717) is 55.4 Å². The first-order valence-corrected chi connectivity index (χ1v) is 15.6. The lowest BCUT2D eigenvalue weighted by Crippen LogP contribution is -2.11. The number of hydrogen-bond donors (Lipinski definition) is 3. The van der Waals surface area contributed by atoms with E-state index in [2.05, 4.69) is 9.98 Å². The Hall–Kier alpha value is -6.02. The molecular weight excluding hydrogens is 648 g/mol. The number of benzene rings is 4. The zero-order valence-corrected chi connectivity index (χ0v) is 26.5. The van der Waals surface area contributed by atoms with Crippen LogP contribution in [0.5, 0.6) is 11.8 Å². The number of ketones is 2. The standard InChI is InChI=1S/C19H14N2O4.C17H12N2O4S/c1-11(22)25-10-21-15-9-5-3-7-13(15)16(19(21)24)17-18(23)12-6-2-4-8-14(12)20-17;20-16-10-5-1-3-7-12(10)18-15(16)14-11-6-2-4-8-13(11)19(17(14)21)9-23-24-22/h2-9,24H,10H2,1H3;1-8,21-22H,9H2. The van der Waals surface area contributed by atoms with Gasteiger partial charge < -0.3 is 19.5 Å². The summed E-state index contributed by atoms with van der Waals surface area (Å²) < 4.78 is 21.7. The number of nitrogens with zero attached hydrogens (tertiary/aromatic N) is 4. The molecule has 0 aliphatic carbocycles. The van der Waals surface area contributed by atoms with Gasteiger partial charge in [0.2, 0.25) is 23.3 Å². The molecule has 0 saturated carbocycles. The summed E-state index contributed by atoms with van der Waals surface area (Å²) >= 11 is 0.216. The average Bonchev–Trinajstić information content (AvgIpc) is 3.80. The van der Waals surface area contributed by atoms with E-state index in [0.717, 1.165) is 0 Å². The molecule has 6 aromatic rings. The van der Waals surface area contributed by atoms with Crippen molar-refractivity contribution in [3.63, 3.8) is 0 Å². The lowest BCUT2D eigenvalue weighted by atomic mass is 10.0. The Labute approximate surface area is 282 Å². The molecule has 2 aliphatic heterocycles. The highest BCUT2D eigenvalue weighted by Gasteiger charge is 2.32. The van der Waals surface area contributed by atoms with Crippen molar-refractivity contribution < 1.29 is 38.1 Å². The van der Waals surface area contributed by atoms with Gasteiger partial charge in [0.15, 0.2) is 19.1 Å². The highest BCUT2D eigenvalue weighted by Crippen LogP contribution is 2.39. The molecule has 0 spiro atoms. The molecule has 4 heterocycles. The van der Waals surface area contributed by atoms with Gasteiger partial charge in [0.1, 0.15) is 18.2 Å².